The highest BCUT2D eigenvalue weighted by molar-refractivity contribution is 5.81. The van der Waals surface area contributed by atoms with Gasteiger partial charge < -0.3 is 15.7 Å². The highest BCUT2D eigenvalue weighted by Gasteiger charge is 2.27. The largest absolute Gasteiger partial charge is 0.395 e. The van der Waals surface area contributed by atoms with Crippen molar-refractivity contribution < 1.29 is 9.90 Å². The number of aliphatic hydroxyl groups excluding tert-OH is 1. The molecule has 1 amide bonds. The average Bonchev–Trinajstić information content (AvgIpc) is 2.65. The van der Waals surface area contributed by atoms with E-state index in [0.29, 0.717) is 12.6 Å². The molecular formula is C10H20N2O2. The molecule has 1 aliphatic carbocycles. The van der Waals surface area contributed by atoms with Crippen LogP contribution in [-0.4, -0.2) is 41.1 Å². The summed E-state index contributed by atoms with van der Waals surface area (Å²) >= 11 is 0. The van der Waals surface area contributed by atoms with Gasteiger partial charge in [0.25, 0.3) is 0 Å². The second kappa shape index (κ2) is 5.32. The fraction of sp³-hybridized carbons (Fsp3) is 0.900. The van der Waals surface area contributed by atoms with Gasteiger partial charge in [0, 0.05) is 12.6 Å². The maximum Gasteiger partial charge on any atom is 0.239 e. The van der Waals surface area contributed by atoms with Crippen LogP contribution >= 0.6 is 0 Å². The van der Waals surface area contributed by atoms with E-state index in [2.05, 4.69) is 0 Å². The van der Waals surface area contributed by atoms with Gasteiger partial charge in [-0.3, -0.25) is 4.79 Å². The van der Waals surface area contributed by atoms with Gasteiger partial charge in [-0.1, -0.05) is 12.8 Å². The number of nitrogens with zero attached hydrogens (tertiary/aromatic N) is 1. The molecule has 0 aromatic carbocycles. The molecule has 4 nitrogen and oxygen atoms in total. The van der Waals surface area contributed by atoms with E-state index in [9.17, 15) is 4.79 Å². The highest BCUT2D eigenvalue weighted by Crippen LogP contribution is 2.23. The Kier molecular flexibility index (Phi) is 4.35. The number of amides is 1. The molecule has 0 bridgehead atoms. The number of aliphatic hydroxyl groups is 1. The summed E-state index contributed by atoms with van der Waals surface area (Å²) in [4.78, 5) is 13.5. The van der Waals surface area contributed by atoms with Crippen LogP contribution in [0.25, 0.3) is 0 Å². The molecular weight excluding hydrogens is 180 g/mol. The van der Waals surface area contributed by atoms with Crippen molar-refractivity contribution in [1.82, 2.24) is 4.90 Å². The molecule has 1 saturated carbocycles. The van der Waals surface area contributed by atoms with Gasteiger partial charge >= 0.3 is 0 Å². The first kappa shape index (κ1) is 11.5. The summed E-state index contributed by atoms with van der Waals surface area (Å²) in [5.74, 6) is -0.0362. The molecule has 0 spiro atoms. The first-order valence-corrected chi connectivity index (χ1v) is 5.33. The smallest absolute Gasteiger partial charge is 0.239 e. The Bertz CT molecular complexity index is 189. The topological polar surface area (TPSA) is 66.6 Å². The molecule has 0 unspecified atom stereocenters. The van der Waals surface area contributed by atoms with Crippen LogP contribution < -0.4 is 5.73 Å². The highest BCUT2D eigenvalue weighted by atomic mass is 16.3. The van der Waals surface area contributed by atoms with Crippen LogP contribution in [0.2, 0.25) is 0 Å². The van der Waals surface area contributed by atoms with Crippen molar-refractivity contribution in [3.63, 3.8) is 0 Å². The summed E-state index contributed by atoms with van der Waals surface area (Å²) in [6, 6.07) is -0.150. The van der Waals surface area contributed by atoms with Crippen LogP contribution in [0.1, 0.15) is 32.6 Å². The molecule has 0 aromatic rings. The van der Waals surface area contributed by atoms with Gasteiger partial charge in [0.1, 0.15) is 0 Å². The van der Waals surface area contributed by atoms with Gasteiger partial charge in [0.15, 0.2) is 0 Å². The minimum Gasteiger partial charge on any atom is -0.395 e. The molecule has 1 aliphatic rings. The number of carbonyl (C=O) groups is 1. The number of nitrogens with two attached hydrogens (primary N) is 1. The van der Waals surface area contributed by atoms with Crippen LogP contribution in [0.3, 0.4) is 0 Å². The lowest BCUT2D eigenvalue weighted by Gasteiger charge is -2.29. The van der Waals surface area contributed by atoms with Crippen LogP contribution in [0.5, 0.6) is 0 Å². The van der Waals surface area contributed by atoms with E-state index in [1.54, 1.807) is 11.8 Å². The third-order valence-corrected chi connectivity index (χ3v) is 2.78. The quantitative estimate of drug-likeness (QED) is 0.676. The van der Waals surface area contributed by atoms with Crippen LogP contribution in [0.4, 0.5) is 0 Å². The van der Waals surface area contributed by atoms with Gasteiger partial charge in [0.05, 0.1) is 12.6 Å². The molecule has 4 heteroatoms. The van der Waals surface area contributed by atoms with E-state index in [1.807, 2.05) is 0 Å². The zero-order valence-corrected chi connectivity index (χ0v) is 8.78. The van der Waals surface area contributed by atoms with Gasteiger partial charge in [-0.2, -0.15) is 0 Å². The van der Waals surface area contributed by atoms with Gasteiger partial charge in [-0.05, 0) is 19.8 Å². The molecule has 0 aromatic heterocycles. The molecule has 1 atom stereocenters. The summed E-state index contributed by atoms with van der Waals surface area (Å²) in [5.41, 5.74) is 5.56. The second-order valence-corrected chi connectivity index (χ2v) is 3.98. The van der Waals surface area contributed by atoms with Crippen molar-refractivity contribution in [3.8, 4) is 0 Å². The van der Waals surface area contributed by atoms with Gasteiger partial charge in [0.2, 0.25) is 5.91 Å². The second-order valence-electron chi connectivity index (χ2n) is 3.98. The molecule has 14 heavy (non-hydrogen) atoms. The van der Waals surface area contributed by atoms with E-state index in [1.165, 1.54) is 12.8 Å². The zero-order valence-electron chi connectivity index (χ0n) is 8.78. The van der Waals surface area contributed by atoms with Crippen molar-refractivity contribution in [1.29, 1.82) is 0 Å². The standard InChI is InChI=1S/C10H20N2O2/c1-8(11)10(14)12(6-7-13)9-4-2-3-5-9/h8-9,13H,2-7,11H2,1H3/t8-/m1/s1. The summed E-state index contributed by atoms with van der Waals surface area (Å²) in [5, 5.41) is 8.89. The van der Waals surface area contributed by atoms with E-state index in [0.717, 1.165) is 12.8 Å². The zero-order chi connectivity index (χ0) is 10.6. The Morgan fingerprint density at radius 2 is 2.14 bits per heavy atom. The van der Waals surface area contributed by atoms with Crippen LogP contribution in [-0.2, 0) is 4.79 Å². The lowest BCUT2D eigenvalue weighted by molar-refractivity contribution is -0.135. The summed E-state index contributed by atoms with van der Waals surface area (Å²) in [6.07, 6.45) is 4.47. The fourth-order valence-electron chi connectivity index (χ4n) is 2.06. The fourth-order valence-corrected chi connectivity index (χ4v) is 2.06. The number of carbonyl (C=O) groups excluding carboxylic acids is 1. The maximum atomic E-state index is 11.7. The number of hydrogen-bond donors (Lipinski definition) is 2. The first-order valence-electron chi connectivity index (χ1n) is 5.33. The summed E-state index contributed by atoms with van der Waals surface area (Å²) in [6.45, 7) is 2.14. The van der Waals surface area contributed by atoms with E-state index in [-0.39, 0.29) is 12.5 Å². The van der Waals surface area contributed by atoms with E-state index >= 15 is 0 Å². The summed E-state index contributed by atoms with van der Waals surface area (Å²) in [7, 11) is 0. The third-order valence-electron chi connectivity index (χ3n) is 2.78. The van der Waals surface area contributed by atoms with Crippen LogP contribution in [0.15, 0.2) is 0 Å². The Hall–Kier alpha value is -0.610. The van der Waals surface area contributed by atoms with Crippen molar-refractivity contribution in [3.05, 3.63) is 0 Å². The molecule has 1 rings (SSSR count). The predicted octanol–water partition coefficient (Wildman–Crippen LogP) is 0.0971. The van der Waals surface area contributed by atoms with Crippen LogP contribution in [0, 0.1) is 0 Å². The molecule has 82 valence electrons. The average molecular weight is 200 g/mol. The maximum absolute atomic E-state index is 11.7. The van der Waals surface area contributed by atoms with E-state index < -0.39 is 6.04 Å². The molecule has 1 fully saturated rings. The minimum atomic E-state index is -0.456. The van der Waals surface area contributed by atoms with Crippen molar-refractivity contribution >= 4 is 5.91 Å². The number of rotatable bonds is 4. The minimum absolute atomic E-state index is 0.0228. The van der Waals surface area contributed by atoms with Crippen molar-refractivity contribution in [2.24, 2.45) is 5.73 Å². The normalized spacial score (nSPS) is 19.6. The van der Waals surface area contributed by atoms with Crippen molar-refractivity contribution in [2.75, 3.05) is 13.2 Å². The first-order chi connectivity index (χ1) is 6.66. The predicted molar refractivity (Wildman–Crippen MR) is 54.7 cm³/mol. The Balaban J connectivity index is 2.57. The van der Waals surface area contributed by atoms with Gasteiger partial charge in [-0.15, -0.1) is 0 Å². The molecule has 3 N–H and O–H groups in total. The number of hydrogen-bond acceptors (Lipinski definition) is 3. The Morgan fingerprint density at radius 3 is 2.57 bits per heavy atom. The van der Waals surface area contributed by atoms with Gasteiger partial charge in [-0.25, -0.2) is 0 Å². The lowest BCUT2D eigenvalue weighted by atomic mass is 10.2. The summed E-state index contributed by atoms with van der Waals surface area (Å²) < 4.78 is 0. The molecule has 0 radical (unpaired) electrons. The molecule has 0 aliphatic heterocycles. The third kappa shape index (κ3) is 2.69. The van der Waals surface area contributed by atoms with E-state index in [4.69, 9.17) is 10.8 Å². The lowest BCUT2D eigenvalue weighted by Crippen LogP contribution is -2.47. The molecule has 0 heterocycles. The van der Waals surface area contributed by atoms with Crippen molar-refractivity contribution in [2.45, 2.75) is 44.7 Å². The Morgan fingerprint density at radius 1 is 1.57 bits per heavy atom. The monoisotopic (exact) mass is 200 g/mol. The Labute approximate surface area is 85.1 Å². The SMILES string of the molecule is C[C@@H](N)C(=O)N(CCO)C1CCCC1. The molecule has 0 saturated heterocycles.